The fourth-order valence-electron chi connectivity index (χ4n) is 1.45. The molecule has 2 heterocycles. The smallest absolute Gasteiger partial charge is 0.225 e. The summed E-state index contributed by atoms with van der Waals surface area (Å²) in [5.74, 6) is 1.45. The Balaban J connectivity index is 2.45. The van der Waals surface area contributed by atoms with Crippen LogP contribution in [-0.4, -0.2) is 18.0 Å². The highest BCUT2D eigenvalue weighted by molar-refractivity contribution is 5.93. The van der Waals surface area contributed by atoms with Crippen molar-refractivity contribution in [3.8, 4) is 5.75 Å². The number of nitrogens with one attached hydrogen (secondary N) is 1. The first-order valence-electron chi connectivity index (χ1n) is 4.13. The number of pyridine rings is 1. The molecule has 0 atom stereocenters. The number of rotatable bonds is 1. The van der Waals surface area contributed by atoms with Crippen LogP contribution in [0.5, 0.6) is 5.75 Å². The monoisotopic (exact) mass is 178 g/mol. The van der Waals surface area contributed by atoms with Gasteiger partial charge in [0.25, 0.3) is 0 Å². The Hall–Kier alpha value is -1.58. The van der Waals surface area contributed by atoms with Crippen LogP contribution in [0, 0.1) is 0 Å². The summed E-state index contributed by atoms with van der Waals surface area (Å²) < 4.78 is 5.16. The van der Waals surface area contributed by atoms with E-state index < -0.39 is 0 Å². The van der Waals surface area contributed by atoms with Crippen LogP contribution >= 0.6 is 0 Å². The van der Waals surface area contributed by atoms with Gasteiger partial charge in [0.2, 0.25) is 5.91 Å². The third-order valence-corrected chi connectivity index (χ3v) is 2.09. The van der Waals surface area contributed by atoms with Gasteiger partial charge in [-0.2, -0.15) is 0 Å². The summed E-state index contributed by atoms with van der Waals surface area (Å²) in [6.45, 7) is 0. The second-order valence-corrected chi connectivity index (χ2v) is 2.89. The highest BCUT2D eigenvalue weighted by Crippen LogP contribution is 2.28. The van der Waals surface area contributed by atoms with Crippen molar-refractivity contribution in [3.05, 3.63) is 17.8 Å². The number of fused-ring (bicyclic) bond motifs is 1. The summed E-state index contributed by atoms with van der Waals surface area (Å²) in [5, 5.41) is 2.70. The number of hydrogen-bond donors (Lipinski definition) is 1. The van der Waals surface area contributed by atoms with Crippen molar-refractivity contribution in [1.29, 1.82) is 0 Å². The van der Waals surface area contributed by atoms with Gasteiger partial charge in [-0.3, -0.25) is 4.79 Å². The van der Waals surface area contributed by atoms with Gasteiger partial charge >= 0.3 is 0 Å². The minimum absolute atomic E-state index is 0.0215. The Bertz CT molecular complexity index is 349. The van der Waals surface area contributed by atoms with Crippen molar-refractivity contribution in [2.24, 2.45) is 0 Å². The second kappa shape index (κ2) is 3.05. The Morgan fingerprint density at radius 3 is 3.15 bits per heavy atom. The van der Waals surface area contributed by atoms with Crippen LogP contribution in [0.2, 0.25) is 0 Å². The standard InChI is InChI=1S/C9H10N2O2/c1-13-7-4-5-10-9-6(7)2-3-8(12)11-9/h4-5H,2-3H2,1H3,(H,10,11,12). The summed E-state index contributed by atoms with van der Waals surface area (Å²) in [7, 11) is 1.62. The van der Waals surface area contributed by atoms with Crippen LogP contribution in [0.3, 0.4) is 0 Å². The quantitative estimate of drug-likeness (QED) is 0.697. The number of ether oxygens (including phenoxy) is 1. The average Bonchev–Trinajstić information content (AvgIpc) is 2.16. The minimum atomic E-state index is 0.0215. The van der Waals surface area contributed by atoms with Crippen LogP contribution in [0.25, 0.3) is 0 Å². The molecule has 0 saturated carbocycles. The maximum Gasteiger partial charge on any atom is 0.225 e. The molecule has 0 aromatic carbocycles. The molecule has 1 aliphatic heterocycles. The molecule has 1 aliphatic rings. The zero-order chi connectivity index (χ0) is 9.26. The molecule has 0 saturated heterocycles. The Kier molecular flexibility index (Phi) is 1.88. The number of nitrogens with zero attached hydrogens (tertiary/aromatic N) is 1. The van der Waals surface area contributed by atoms with Gasteiger partial charge in [-0.05, 0) is 12.5 Å². The Morgan fingerprint density at radius 1 is 1.54 bits per heavy atom. The van der Waals surface area contributed by atoms with E-state index in [0.717, 1.165) is 11.3 Å². The van der Waals surface area contributed by atoms with Crippen molar-refractivity contribution in [1.82, 2.24) is 4.98 Å². The molecule has 0 aliphatic carbocycles. The normalized spacial score (nSPS) is 14.7. The summed E-state index contributed by atoms with van der Waals surface area (Å²) in [6.07, 6.45) is 2.84. The fourth-order valence-corrected chi connectivity index (χ4v) is 1.45. The zero-order valence-corrected chi connectivity index (χ0v) is 7.33. The molecule has 0 fully saturated rings. The van der Waals surface area contributed by atoms with E-state index in [-0.39, 0.29) is 5.91 Å². The zero-order valence-electron chi connectivity index (χ0n) is 7.33. The van der Waals surface area contributed by atoms with Gasteiger partial charge < -0.3 is 10.1 Å². The van der Waals surface area contributed by atoms with Gasteiger partial charge in [-0.15, -0.1) is 0 Å². The molecular weight excluding hydrogens is 168 g/mol. The van der Waals surface area contributed by atoms with Crippen LogP contribution in [0.15, 0.2) is 12.3 Å². The molecule has 0 spiro atoms. The van der Waals surface area contributed by atoms with E-state index >= 15 is 0 Å². The van der Waals surface area contributed by atoms with E-state index in [1.54, 1.807) is 19.4 Å². The fraction of sp³-hybridized carbons (Fsp3) is 0.333. The van der Waals surface area contributed by atoms with Crippen molar-refractivity contribution in [3.63, 3.8) is 0 Å². The summed E-state index contributed by atoms with van der Waals surface area (Å²) in [4.78, 5) is 15.1. The van der Waals surface area contributed by atoms with E-state index in [9.17, 15) is 4.79 Å². The second-order valence-electron chi connectivity index (χ2n) is 2.89. The molecule has 4 heteroatoms. The molecule has 0 unspecified atom stereocenters. The largest absolute Gasteiger partial charge is 0.496 e. The molecule has 4 nitrogen and oxygen atoms in total. The molecule has 1 aromatic heterocycles. The van der Waals surface area contributed by atoms with Crippen LogP contribution < -0.4 is 10.1 Å². The summed E-state index contributed by atoms with van der Waals surface area (Å²) in [6, 6.07) is 1.80. The van der Waals surface area contributed by atoms with Gasteiger partial charge in [0.1, 0.15) is 11.6 Å². The Labute approximate surface area is 75.9 Å². The van der Waals surface area contributed by atoms with Crippen LogP contribution in [0.4, 0.5) is 5.82 Å². The maximum absolute atomic E-state index is 11.0. The molecule has 0 bridgehead atoms. The number of carbonyl (C=O) groups is 1. The lowest BCUT2D eigenvalue weighted by Gasteiger charge is -2.17. The van der Waals surface area contributed by atoms with E-state index in [1.807, 2.05) is 0 Å². The number of anilines is 1. The number of methoxy groups -OCH3 is 1. The predicted octanol–water partition coefficient (Wildman–Crippen LogP) is 0.975. The first-order valence-corrected chi connectivity index (χ1v) is 4.13. The van der Waals surface area contributed by atoms with Gasteiger partial charge in [0.05, 0.1) is 7.11 Å². The number of aromatic nitrogens is 1. The van der Waals surface area contributed by atoms with E-state index in [4.69, 9.17) is 4.74 Å². The van der Waals surface area contributed by atoms with Gasteiger partial charge in [-0.25, -0.2) is 4.98 Å². The number of amides is 1. The van der Waals surface area contributed by atoms with E-state index in [2.05, 4.69) is 10.3 Å². The van der Waals surface area contributed by atoms with Crippen molar-refractivity contribution in [2.75, 3.05) is 12.4 Å². The maximum atomic E-state index is 11.0. The van der Waals surface area contributed by atoms with E-state index in [0.29, 0.717) is 18.7 Å². The highest BCUT2D eigenvalue weighted by Gasteiger charge is 2.18. The molecule has 13 heavy (non-hydrogen) atoms. The van der Waals surface area contributed by atoms with E-state index in [1.165, 1.54) is 0 Å². The SMILES string of the molecule is COc1ccnc2c1CCC(=O)N2. The predicted molar refractivity (Wildman–Crippen MR) is 47.7 cm³/mol. The number of carbonyl (C=O) groups excluding carboxylic acids is 1. The molecule has 1 aromatic rings. The third kappa shape index (κ3) is 1.35. The van der Waals surface area contributed by atoms with Crippen LogP contribution in [-0.2, 0) is 11.2 Å². The summed E-state index contributed by atoms with van der Waals surface area (Å²) in [5.41, 5.74) is 0.990. The molecule has 1 amide bonds. The molecule has 2 rings (SSSR count). The molecule has 1 N–H and O–H groups in total. The lowest BCUT2D eigenvalue weighted by atomic mass is 10.1. The lowest BCUT2D eigenvalue weighted by Crippen LogP contribution is -2.20. The highest BCUT2D eigenvalue weighted by atomic mass is 16.5. The minimum Gasteiger partial charge on any atom is -0.496 e. The number of hydrogen-bond acceptors (Lipinski definition) is 3. The third-order valence-electron chi connectivity index (χ3n) is 2.09. The summed E-state index contributed by atoms with van der Waals surface area (Å²) >= 11 is 0. The molecule has 0 radical (unpaired) electrons. The molecule has 68 valence electrons. The van der Waals surface area contributed by atoms with Gasteiger partial charge in [0.15, 0.2) is 0 Å². The lowest BCUT2D eigenvalue weighted by molar-refractivity contribution is -0.116. The van der Waals surface area contributed by atoms with Crippen molar-refractivity contribution >= 4 is 11.7 Å². The first-order chi connectivity index (χ1) is 6.31. The van der Waals surface area contributed by atoms with Crippen molar-refractivity contribution < 1.29 is 9.53 Å². The average molecular weight is 178 g/mol. The molecular formula is C9H10N2O2. The van der Waals surface area contributed by atoms with Crippen molar-refractivity contribution in [2.45, 2.75) is 12.8 Å². The topological polar surface area (TPSA) is 51.2 Å². The Morgan fingerprint density at radius 2 is 2.38 bits per heavy atom. The van der Waals surface area contributed by atoms with Gasteiger partial charge in [0, 0.05) is 18.2 Å². The first kappa shape index (κ1) is 8.04. The van der Waals surface area contributed by atoms with Crippen LogP contribution in [0.1, 0.15) is 12.0 Å². The van der Waals surface area contributed by atoms with Gasteiger partial charge in [-0.1, -0.05) is 0 Å².